The standard InChI is InChI=1S/C24H29N3O2/c1-4-29-23-12-10-21(11-13-23)26-24(28)20(16-25)15-19-14-17(2)27(18(19)3)22-8-6-5-7-9-22/h10-15,22H,4-9H2,1-3H3,(H,26,28)/b20-15-. The normalized spacial score (nSPS) is 15.0. The van der Waals surface area contributed by atoms with Gasteiger partial charge in [-0.05, 0) is 75.6 Å². The van der Waals surface area contributed by atoms with Gasteiger partial charge in [0.05, 0.1) is 6.61 Å². The van der Waals surface area contributed by atoms with Gasteiger partial charge in [0.2, 0.25) is 0 Å². The van der Waals surface area contributed by atoms with Gasteiger partial charge in [0.15, 0.2) is 0 Å². The zero-order chi connectivity index (χ0) is 20.8. The van der Waals surface area contributed by atoms with E-state index in [0.717, 1.165) is 17.0 Å². The molecule has 5 heteroatoms. The molecule has 1 aromatic carbocycles. The summed E-state index contributed by atoms with van der Waals surface area (Å²) in [6.07, 6.45) is 7.94. The van der Waals surface area contributed by atoms with Crippen molar-refractivity contribution in [1.29, 1.82) is 5.26 Å². The van der Waals surface area contributed by atoms with E-state index in [1.807, 2.05) is 6.92 Å². The minimum atomic E-state index is -0.404. The van der Waals surface area contributed by atoms with Crippen LogP contribution < -0.4 is 10.1 Å². The second kappa shape index (κ2) is 9.47. The number of hydrogen-bond acceptors (Lipinski definition) is 3. The number of nitriles is 1. The maximum absolute atomic E-state index is 12.6. The van der Waals surface area contributed by atoms with Crippen molar-refractivity contribution in [1.82, 2.24) is 4.57 Å². The van der Waals surface area contributed by atoms with Gasteiger partial charge in [-0.3, -0.25) is 4.79 Å². The minimum absolute atomic E-state index is 0.0998. The van der Waals surface area contributed by atoms with Crippen LogP contribution in [-0.4, -0.2) is 17.1 Å². The number of ether oxygens (including phenoxy) is 1. The smallest absolute Gasteiger partial charge is 0.266 e. The summed E-state index contributed by atoms with van der Waals surface area (Å²) in [5.74, 6) is 0.343. The van der Waals surface area contributed by atoms with Crippen LogP contribution in [-0.2, 0) is 4.79 Å². The monoisotopic (exact) mass is 391 g/mol. The number of nitrogens with one attached hydrogen (secondary N) is 1. The summed E-state index contributed by atoms with van der Waals surface area (Å²) < 4.78 is 7.79. The number of aromatic nitrogens is 1. The van der Waals surface area contributed by atoms with E-state index in [1.54, 1.807) is 30.3 Å². The fraction of sp³-hybridized carbons (Fsp3) is 0.417. The van der Waals surface area contributed by atoms with Crippen molar-refractivity contribution in [2.45, 2.75) is 58.9 Å². The molecule has 1 aliphatic carbocycles. The van der Waals surface area contributed by atoms with E-state index in [0.29, 0.717) is 18.3 Å². The third kappa shape index (κ3) is 4.89. The molecule has 1 aliphatic rings. The van der Waals surface area contributed by atoms with Crippen LogP contribution in [0.5, 0.6) is 5.75 Å². The maximum atomic E-state index is 12.6. The third-order valence-electron chi connectivity index (χ3n) is 5.55. The van der Waals surface area contributed by atoms with Gasteiger partial charge in [-0.1, -0.05) is 19.3 Å². The van der Waals surface area contributed by atoms with E-state index < -0.39 is 5.91 Å². The van der Waals surface area contributed by atoms with Gasteiger partial charge in [0.25, 0.3) is 5.91 Å². The van der Waals surface area contributed by atoms with Crippen LogP contribution in [0.1, 0.15) is 62.0 Å². The lowest BCUT2D eigenvalue weighted by molar-refractivity contribution is -0.112. The molecule has 0 unspecified atom stereocenters. The Hall–Kier alpha value is -3.00. The summed E-state index contributed by atoms with van der Waals surface area (Å²) in [5.41, 5.74) is 3.97. The van der Waals surface area contributed by atoms with Crippen LogP contribution >= 0.6 is 0 Å². The van der Waals surface area contributed by atoms with E-state index in [2.05, 4.69) is 35.9 Å². The number of hydrogen-bond donors (Lipinski definition) is 1. The molecule has 0 atom stereocenters. The van der Waals surface area contributed by atoms with Gasteiger partial charge >= 0.3 is 0 Å². The Bertz CT molecular complexity index is 926. The molecule has 2 aromatic rings. The molecule has 0 radical (unpaired) electrons. The number of benzene rings is 1. The van der Waals surface area contributed by atoms with Crippen LogP contribution in [0.4, 0.5) is 5.69 Å². The summed E-state index contributed by atoms with van der Waals surface area (Å²) in [4.78, 5) is 12.6. The number of anilines is 1. The number of carbonyl (C=O) groups excluding carboxylic acids is 1. The van der Waals surface area contributed by atoms with Crippen molar-refractivity contribution < 1.29 is 9.53 Å². The highest BCUT2D eigenvalue weighted by Crippen LogP contribution is 2.32. The molecular weight excluding hydrogens is 362 g/mol. The SMILES string of the molecule is CCOc1ccc(NC(=O)/C(C#N)=C\c2cc(C)n(C3CCCCC3)c2C)cc1. The van der Waals surface area contributed by atoms with E-state index in [4.69, 9.17) is 4.74 Å². The first-order valence-corrected chi connectivity index (χ1v) is 10.4. The molecule has 5 nitrogen and oxygen atoms in total. The van der Waals surface area contributed by atoms with Crippen LogP contribution in [0.15, 0.2) is 35.9 Å². The highest BCUT2D eigenvalue weighted by Gasteiger charge is 2.20. The number of amides is 1. The lowest BCUT2D eigenvalue weighted by atomic mass is 9.95. The second-order valence-electron chi connectivity index (χ2n) is 7.57. The summed E-state index contributed by atoms with van der Waals surface area (Å²) in [6.45, 7) is 6.69. The first kappa shape index (κ1) is 20.7. The van der Waals surface area contributed by atoms with E-state index in [9.17, 15) is 10.1 Å². The predicted octanol–water partition coefficient (Wildman–Crippen LogP) is 5.55. The van der Waals surface area contributed by atoms with Gasteiger partial charge in [0.1, 0.15) is 17.4 Å². The molecule has 1 fully saturated rings. The van der Waals surface area contributed by atoms with E-state index >= 15 is 0 Å². The molecule has 152 valence electrons. The van der Waals surface area contributed by atoms with Crippen molar-refractivity contribution in [2.24, 2.45) is 0 Å². The van der Waals surface area contributed by atoms with Crippen LogP contribution in [0.2, 0.25) is 0 Å². The number of rotatable bonds is 6. The summed E-state index contributed by atoms with van der Waals surface area (Å²) in [6, 6.07) is 11.8. The van der Waals surface area contributed by atoms with Gasteiger partial charge < -0.3 is 14.6 Å². The average molecular weight is 392 g/mol. The van der Waals surface area contributed by atoms with Gasteiger partial charge in [-0.25, -0.2) is 0 Å². The third-order valence-corrected chi connectivity index (χ3v) is 5.55. The number of nitrogens with zero attached hydrogens (tertiary/aromatic N) is 2. The topological polar surface area (TPSA) is 67.0 Å². The average Bonchev–Trinajstić information content (AvgIpc) is 3.01. The molecule has 0 bridgehead atoms. The van der Waals surface area contributed by atoms with Crippen LogP contribution in [0, 0.1) is 25.2 Å². The Morgan fingerprint density at radius 1 is 1.24 bits per heavy atom. The second-order valence-corrected chi connectivity index (χ2v) is 7.57. The molecule has 3 rings (SSSR count). The molecule has 0 spiro atoms. The van der Waals surface area contributed by atoms with Crippen molar-refractivity contribution in [3.63, 3.8) is 0 Å². The molecule has 1 N–H and O–H groups in total. The van der Waals surface area contributed by atoms with Crippen molar-refractivity contribution in [3.05, 3.63) is 52.9 Å². The molecule has 0 aliphatic heterocycles. The first-order valence-electron chi connectivity index (χ1n) is 10.4. The number of aryl methyl sites for hydroxylation is 1. The van der Waals surface area contributed by atoms with Gasteiger partial charge in [0, 0.05) is 23.1 Å². The molecule has 0 saturated heterocycles. The Kier molecular flexibility index (Phi) is 6.77. The molecule has 1 aromatic heterocycles. The van der Waals surface area contributed by atoms with Crippen molar-refractivity contribution >= 4 is 17.7 Å². The summed E-state index contributed by atoms with van der Waals surface area (Å²) in [5, 5.41) is 12.4. The predicted molar refractivity (Wildman–Crippen MR) is 116 cm³/mol. The van der Waals surface area contributed by atoms with Crippen molar-refractivity contribution in [3.8, 4) is 11.8 Å². The number of carbonyl (C=O) groups is 1. The van der Waals surface area contributed by atoms with E-state index in [-0.39, 0.29) is 5.57 Å². The van der Waals surface area contributed by atoms with Gasteiger partial charge in [-0.15, -0.1) is 0 Å². The highest BCUT2D eigenvalue weighted by molar-refractivity contribution is 6.09. The molecule has 1 heterocycles. The fourth-order valence-electron chi connectivity index (χ4n) is 4.15. The van der Waals surface area contributed by atoms with Crippen molar-refractivity contribution in [2.75, 3.05) is 11.9 Å². The Morgan fingerprint density at radius 3 is 2.55 bits per heavy atom. The van der Waals surface area contributed by atoms with Gasteiger partial charge in [-0.2, -0.15) is 5.26 Å². The zero-order valence-electron chi connectivity index (χ0n) is 17.5. The quantitative estimate of drug-likeness (QED) is 0.518. The Morgan fingerprint density at radius 2 is 1.93 bits per heavy atom. The molecular formula is C24H29N3O2. The Balaban J connectivity index is 1.78. The summed E-state index contributed by atoms with van der Waals surface area (Å²) in [7, 11) is 0. The zero-order valence-corrected chi connectivity index (χ0v) is 17.5. The molecule has 29 heavy (non-hydrogen) atoms. The Labute approximate surface area is 173 Å². The molecule has 1 amide bonds. The first-order chi connectivity index (χ1) is 14.0. The highest BCUT2D eigenvalue weighted by atomic mass is 16.5. The minimum Gasteiger partial charge on any atom is -0.494 e. The van der Waals surface area contributed by atoms with E-state index in [1.165, 1.54) is 37.8 Å². The largest absolute Gasteiger partial charge is 0.494 e. The lowest BCUT2D eigenvalue weighted by Gasteiger charge is -2.26. The lowest BCUT2D eigenvalue weighted by Crippen LogP contribution is -2.15. The van der Waals surface area contributed by atoms with Crippen LogP contribution in [0.3, 0.4) is 0 Å². The molecule has 1 saturated carbocycles. The summed E-state index contributed by atoms with van der Waals surface area (Å²) >= 11 is 0. The van der Waals surface area contributed by atoms with Crippen LogP contribution in [0.25, 0.3) is 6.08 Å². The maximum Gasteiger partial charge on any atom is 0.266 e. The fourth-order valence-corrected chi connectivity index (χ4v) is 4.15.